The molecule has 0 aliphatic carbocycles. The van der Waals surface area contributed by atoms with Crippen molar-refractivity contribution in [1.82, 2.24) is 9.88 Å². The Hall–Kier alpha value is -1.96. The molecule has 25 heavy (non-hydrogen) atoms. The summed E-state index contributed by atoms with van der Waals surface area (Å²) in [6.07, 6.45) is 1.58. The quantitative estimate of drug-likeness (QED) is 0.718. The number of rotatable bonds is 6. The Labute approximate surface area is 159 Å². The lowest BCUT2D eigenvalue weighted by atomic mass is 10.1. The third-order valence-electron chi connectivity index (χ3n) is 3.45. The average molecular weight is 427 g/mol. The summed E-state index contributed by atoms with van der Waals surface area (Å²) in [7, 11) is 2.95. The monoisotopic (exact) mass is 425 g/mol. The number of carbonyl (C=O) groups is 2. The van der Waals surface area contributed by atoms with Gasteiger partial charge >= 0.3 is 5.97 Å². The Morgan fingerprint density at radius 3 is 2.64 bits per heavy atom. The number of nitrogens with one attached hydrogen (secondary N) is 1. The summed E-state index contributed by atoms with van der Waals surface area (Å²) in [6.45, 7) is -0.0390. The van der Waals surface area contributed by atoms with E-state index < -0.39 is 12.0 Å². The smallest absolute Gasteiger partial charge is 0.327 e. The highest BCUT2D eigenvalue weighted by Crippen LogP contribution is 2.27. The maximum absolute atomic E-state index is 12.2. The van der Waals surface area contributed by atoms with Gasteiger partial charge in [-0.3, -0.25) is 9.69 Å². The molecule has 0 fully saturated rings. The lowest BCUT2D eigenvalue weighted by molar-refractivity contribution is -0.147. The van der Waals surface area contributed by atoms with Crippen molar-refractivity contribution in [3.8, 4) is 0 Å². The zero-order valence-corrected chi connectivity index (χ0v) is 16.0. The van der Waals surface area contributed by atoms with Crippen molar-refractivity contribution in [2.45, 2.75) is 6.04 Å². The van der Waals surface area contributed by atoms with Crippen molar-refractivity contribution < 1.29 is 14.3 Å². The third-order valence-corrected chi connectivity index (χ3v) is 4.27. The number of methoxy groups -OCH3 is 1. The van der Waals surface area contributed by atoms with Gasteiger partial charge in [0.25, 0.3) is 0 Å². The van der Waals surface area contributed by atoms with Gasteiger partial charge in [0.1, 0.15) is 11.9 Å². The fraction of sp³-hybridized carbons (Fsp3) is 0.235. The summed E-state index contributed by atoms with van der Waals surface area (Å²) in [5.74, 6) is -0.377. The summed E-state index contributed by atoms with van der Waals surface area (Å²) in [5.41, 5.74) is 0.577. The van der Waals surface area contributed by atoms with Gasteiger partial charge in [-0.2, -0.15) is 0 Å². The summed E-state index contributed by atoms with van der Waals surface area (Å²) in [6, 6.07) is 9.62. The molecule has 2 aromatic rings. The van der Waals surface area contributed by atoms with Gasteiger partial charge in [0, 0.05) is 15.7 Å². The van der Waals surface area contributed by atoms with E-state index in [1.807, 2.05) is 0 Å². The highest BCUT2D eigenvalue weighted by atomic mass is 79.9. The molecule has 2 rings (SSSR count). The highest BCUT2D eigenvalue weighted by molar-refractivity contribution is 9.10. The molecule has 0 radical (unpaired) electrons. The molecule has 0 saturated carbocycles. The molecule has 0 aliphatic rings. The van der Waals surface area contributed by atoms with Crippen LogP contribution in [0.2, 0.25) is 5.02 Å². The summed E-state index contributed by atoms with van der Waals surface area (Å²) >= 11 is 9.48. The van der Waals surface area contributed by atoms with Crippen LogP contribution in [0.15, 0.2) is 47.1 Å². The first kappa shape index (κ1) is 19.4. The van der Waals surface area contributed by atoms with E-state index >= 15 is 0 Å². The summed E-state index contributed by atoms with van der Waals surface area (Å²) in [4.78, 5) is 30.1. The van der Waals surface area contributed by atoms with E-state index in [0.717, 1.165) is 4.47 Å². The van der Waals surface area contributed by atoms with E-state index in [1.54, 1.807) is 54.5 Å². The van der Waals surface area contributed by atoms with E-state index in [4.69, 9.17) is 16.3 Å². The number of halogens is 2. The first-order chi connectivity index (χ1) is 11.9. The second-order valence-electron chi connectivity index (χ2n) is 5.27. The summed E-state index contributed by atoms with van der Waals surface area (Å²) in [5, 5.41) is 3.11. The van der Waals surface area contributed by atoms with Crippen LogP contribution in [0.4, 0.5) is 5.82 Å². The van der Waals surface area contributed by atoms with Gasteiger partial charge in [-0.15, -0.1) is 0 Å². The van der Waals surface area contributed by atoms with E-state index in [2.05, 4.69) is 26.2 Å². The predicted molar refractivity (Wildman–Crippen MR) is 99.4 cm³/mol. The lowest BCUT2D eigenvalue weighted by Crippen LogP contribution is -2.37. The van der Waals surface area contributed by atoms with Crippen LogP contribution in [0.1, 0.15) is 11.6 Å². The zero-order valence-electron chi connectivity index (χ0n) is 13.7. The van der Waals surface area contributed by atoms with Gasteiger partial charge in [-0.25, -0.2) is 9.78 Å². The number of hydrogen-bond donors (Lipinski definition) is 1. The number of hydrogen-bond acceptors (Lipinski definition) is 5. The molecule has 1 atom stereocenters. The first-order valence-corrected chi connectivity index (χ1v) is 8.53. The van der Waals surface area contributed by atoms with Gasteiger partial charge in [-0.1, -0.05) is 29.8 Å². The number of aromatic nitrogens is 1. The van der Waals surface area contributed by atoms with Crippen LogP contribution in [-0.2, 0) is 14.3 Å². The minimum Gasteiger partial charge on any atom is -0.468 e. The molecule has 1 N–H and O–H groups in total. The number of nitrogens with zero attached hydrogens (tertiary/aromatic N) is 2. The topological polar surface area (TPSA) is 71.5 Å². The second kappa shape index (κ2) is 8.94. The maximum Gasteiger partial charge on any atom is 0.327 e. The number of likely N-dealkylation sites (N-methyl/N-ethyl adjacent to an activating group) is 1. The average Bonchev–Trinajstić information content (AvgIpc) is 2.58. The third kappa shape index (κ3) is 5.26. The van der Waals surface area contributed by atoms with Crippen LogP contribution < -0.4 is 5.32 Å². The maximum atomic E-state index is 12.2. The molecule has 0 spiro atoms. The fourth-order valence-corrected chi connectivity index (χ4v) is 2.78. The molecule has 1 aromatic heterocycles. The van der Waals surface area contributed by atoms with Crippen molar-refractivity contribution in [3.05, 3.63) is 57.7 Å². The van der Waals surface area contributed by atoms with Crippen molar-refractivity contribution >= 4 is 45.2 Å². The van der Waals surface area contributed by atoms with Gasteiger partial charge in [0.15, 0.2) is 0 Å². The first-order valence-electron chi connectivity index (χ1n) is 7.36. The number of amides is 1. The molecule has 0 aliphatic heterocycles. The van der Waals surface area contributed by atoms with Crippen LogP contribution >= 0.6 is 27.5 Å². The Morgan fingerprint density at radius 1 is 1.32 bits per heavy atom. The van der Waals surface area contributed by atoms with E-state index in [9.17, 15) is 9.59 Å². The number of carbonyl (C=O) groups excluding carboxylic acids is 2. The number of esters is 1. The van der Waals surface area contributed by atoms with Crippen molar-refractivity contribution in [1.29, 1.82) is 0 Å². The van der Waals surface area contributed by atoms with Crippen LogP contribution in [0.3, 0.4) is 0 Å². The fourth-order valence-electron chi connectivity index (χ4n) is 2.30. The minimum atomic E-state index is -0.790. The Kier molecular flexibility index (Phi) is 6.92. The van der Waals surface area contributed by atoms with Gasteiger partial charge < -0.3 is 10.1 Å². The highest BCUT2D eigenvalue weighted by Gasteiger charge is 2.29. The number of benzene rings is 1. The van der Waals surface area contributed by atoms with Gasteiger partial charge in [0.05, 0.1) is 13.7 Å². The molecule has 0 bridgehead atoms. The van der Waals surface area contributed by atoms with Crippen LogP contribution in [-0.4, -0.2) is 42.5 Å². The van der Waals surface area contributed by atoms with E-state index in [0.29, 0.717) is 16.4 Å². The largest absolute Gasteiger partial charge is 0.468 e. The Balaban J connectivity index is 2.12. The standard InChI is InChI=1S/C17H17BrClN3O3/c1-22(10-15(23)21-14-8-7-11(18)9-20-14)16(17(24)25-2)12-5-3-4-6-13(12)19/h3-9,16H,10H2,1-2H3,(H,20,21,23)/t16-/m0/s1. The summed E-state index contributed by atoms with van der Waals surface area (Å²) < 4.78 is 5.68. The second-order valence-corrected chi connectivity index (χ2v) is 6.60. The lowest BCUT2D eigenvalue weighted by Gasteiger charge is -2.26. The van der Waals surface area contributed by atoms with Crippen LogP contribution in [0.25, 0.3) is 0 Å². The molecular weight excluding hydrogens is 410 g/mol. The van der Waals surface area contributed by atoms with E-state index in [1.165, 1.54) is 7.11 Å². The molecule has 1 heterocycles. The van der Waals surface area contributed by atoms with Gasteiger partial charge in [0.2, 0.25) is 5.91 Å². The number of anilines is 1. The zero-order chi connectivity index (χ0) is 18.4. The molecule has 0 unspecified atom stereocenters. The number of ether oxygens (including phenoxy) is 1. The minimum absolute atomic E-state index is 0.0390. The van der Waals surface area contributed by atoms with Crippen molar-refractivity contribution in [2.24, 2.45) is 0 Å². The molecule has 0 saturated heterocycles. The molecule has 1 aromatic carbocycles. The molecule has 8 heteroatoms. The van der Waals surface area contributed by atoms with Crippen molar-refractivity contribution in [2.75, 3.05) is 26.0 Å². The van der Waals surface area contributed by atoms with E-state index in [-0.39, 0.29) is 12.5 Å². The number of pyridine rings is 1. The Bertz CT molecular complexity index is 755. The Morgan fingerprint density at radius 2 is 2.04 bits per heavy atom. The van der Waals surface area contributed by atoms with Crippen molar-refractivity contribution in [3.63, 3.8) is 0 Å². The molecule has 1 amide bonds. The van der Waals surface area contributed by atoms with Gasteiger partial charge in [-0.05, 0) is 46.7 Å². The molecule has 132 valence electrons. The SMILES string of the molecule is COC(=O)[C@H](c1ccccc1Cl)N(C)CC(=O)Nc1ccc(Br)cn1. The van der Waals surface area contributed by atoms with Crippen LogP contribution in [0, 0.1) is 0 Å². The molecular formula is C17H17BrClN3O3. The molecule has 6 nitrogen and oxygen atoms in total. The van der Waals surface area contributed by atoms with Crippen LogP contribution in [0.5, 0.6) is 0 Å². The predicted octanol–water partition coefficient (Wildman–Crippen LogP) is 3.28. The normalized spacial score (nSPS) is 11.9.